The van der Waals surface area contributed by atoms with Gasteiger partial charge in [0.1, 0.15) is 18.2 Å². The molecule has 0 unspecified atom stereocenters. The van der Waals surface area contributed by atoms with E-state index in [1.165, 1.54) is 0 Å². The van der Waals surface area contributed by atoms with Crippen LogP contribution in [0, 0.1) is 5.92 Å². The lowest BCUT2D eigenvalue weighted by Gasteiger charge is -2.11. The van der Waals surface area contributed by atoms with Crippen LogP contribution in [0.5, 0.6) is 5.75 Å². The lowest BCUT2D eigenvalue weighted by molar-refractivity contribution is 0.0904. The minimum atomic E-state index is -0.502. The van der Waals surface area contributed by atoms with Gasteiger partial charge in [0.15, 0.2) is 5.78 Å². The second-order valence-corrected chi connectivity index (χ2v) is 6.10. The fraction of sp³-hybridized carbons (Fsp3) is 0.263. The van der Waals surface area contributed by atoms with Crippen LogP contribution in [0.1, 0.15) is 24.2 Å². The number of aliphatic hydroxyl groups is 1. The Kier molecular flexibility index (Phi) is 4.62. The average Bonchev–Trinajstić information content (AvgIpc) is 3.02. The van der Waals surface area contributed by atoms with Gasteiger partial charge < -0.3 is 14.8 Å². The number of para-hydroxylation sites is 1. The first-order valence-corrected chi connectivity index (χ1v) is 7.94. The van der Waals surface area contributed by atoms with E-state index in [4.69, 9.17) is 9.84 Å². The molecule has 0 atom stereocenters. The fourth-order valence-corrected chi connectivity index (χ4v) is 2.45. The van der Waals surface area contributed by atoms with Crippen LogP contribution in [0.4, 0.5) is 0 Å². The molecular formula is C19H20N2O3. The van der Waals surface area contributed by atoms with E-state index < -0.39 is 6.61 Å². The minimum Gasteiger partial charge on any atom is -0.493 e. The van der Waals surface area contributed by atoms with Gasteiger partial charge in [-0.25, -0.2) is 4.98 Å². The molecule has 0 spiro atoms. The number of imidazole rings is 1. The van der Waals surface area contributed by atoms with E-state index in [0.717, 1.165) is 22.3 Å². The van der Waals surface area contributed by atoms with Crippen molar-refractivity contribution in [2.24, 2.45) is 5.92 Å². The molecule has 2 aromatic carbocycles. The van der Waals surface area contributed by atoms with Gasteiger partial charge in [0.25, 0.3) is 0 Å². The van der Waals surface area contributed by atoms with E-state index in [-0.39, 0.29) is 5.78 Å². The number of rotatable bonds is 6. The summed E-state index contributed by atoms with van der Waals surface area (Å²) in [4.78, 5) is 19.5. The molecule has 0 saturated heterocycles. The third-order valence-corrected chi connectivity index (χ3v) is 3.66. The summed E-state index contributed by atoms with van der Waals surface area (Å²) in [6.07, 6.45) is 0. The van der Waals surface area contributed by atoms with Crippen LogP contribution in [-0.4, -0.2) is 34.1 Å². The summed E-state index contributed by atoms with van der Waals surface area (Å²) in [5, 5.41) is 8.99. The molecule has 0 aliphatic carbocycles. The van der Waals surface area contributed by atoms with E-state index >= 15 is 0 Å². The van der Waals surface area contributed by atoms with Crippen LogP contribution >= 0.6 is 0 Å². The highest BCUT2D eigenvalue weighted by atomic mass is 16.5. The number of nitrogens with one attached hydrogen (secondary N) is 1. The number of ketones is 1. The molecule has 0 aliphatic heterocycles. The molecule has 0 fully saturated rings. The molecule has 2 N–H and O–H groups in total. The van der Waals surface area contributed by atoms with Crippen molar-refractivity contribution in [3.63, 3.8) is 0 Å². The van der Waals surface area contributed by atoms with Crippen LogP contribution < -0.4 is 4.74 Å². The Bertz CT molecular complexity index is 868. The number of fused-ring (bicyclic) bond motifs is 1. The first-order valence-electron chi connectivity index (χ1n) is 7.94. The minimum absolute atomic E-state index is 0.311. The highest BCUT2D eigenvalue weighted by Crippen LogP contribution is 2.30. The van der Waals surface area contributed by atoms with Crippen LogP contribution in [0.25, 0.3) is 22.4 Å². The van der Waals surface area contributed by atoms with Crippen molar-refractivity contribution in [1.29, 1.82) is 0 Å². The highest BCUT2D eigenvalue weighted by Gasteiger charge is 2.13. The number of aromatic nitrogens is 2. The van der Waals surface area contributed by atoms with E-state index in [9.17, 15) is 4.79 Å². The maximum atomic E-state index is 11.6. The number of benzene rings is 2. The van der Waals surface area contributed by atoms with Crippen LogP contribution in [-0.2, 0) is 0 Å². The lowest BCUT2D eigenvalue weighted by atomic mass is 10.1. The summed E-state index contributed by atoms with van der Waals surface area (Å²) in [6.45, 7) is 4.33. The van der Waals surface area contributed by atoms with Gasteiger partial charge >= 0.3 is 0 Å². The Morgan fingerprint density at radius 2 is 2.04 bits per heavy atom. The molecule has 0 bridgehead atoms. The summed E-state index contributed by atoms with van der Waals surface area (Å²) in [6, 6.07) is 12.9. The van der Waals surface area contributed by atoms with E-state index in [1.54, 1.807) is 18.2 Å². The van der Waals surface area contributed by atoms with Crippen molar-refractivity contribution in [3.8, 4) is 17.1 Å². The number of carbonyl (C=O) groups excluding carboxylic acids is 1. The molecule has 0 amide bonds. The summed E-state index contributed by atoms with van der Waals surface area (Å²) < 4.78 is 5.88. The third kappa shape index (κ3) is 3.31. The van der Waals surface area contributed by atoms with E-state index in [2.05, 4.69) is 23.8 Å². The van der Waals surface area contributed by atoms with Crippen molar-refractivity contribution in [1.82, 2.24) is 9.97 Å². The molecule has 3 aromatic rings. The molecule has 5 nitrogen and oxygen atoms in total. The Morgan fingerprint density at radius 1 is 1.25 bits per heavy atom. The standard InChI is InChI=1S/C19H20N2O3/c1-12(2)11-24-18-6-4-3-5-14(18)19-20-15-8-7-13(17(23)10-22)9-16(15)21-19/h3-9,12,22H,10-11H2,1-2H3,(H,20,21). The molecule has 1 heterocycles. The molecule has 3 rings (SSSR count). The summed E-state index contributed by atoms with van der Waals surface area (Å²) >= 11 is 0. The zero-order valence-electron chi connectivity index (χ0n) is 13.7. The van der Waals surface area contributed by atoms with Gasteiger partial charge in [-0.1, -0.05) is 26.0 Å². The third-order valence-electron chi connectivity index (χ3n) is 3.66. The molecule has 1 aromatic heterocycles. The highest BCUT2D eigenvalue weighted by molar-refractivity contribution is 5.99. The quantitative estimate of drug-likeness (QED) is 0.681. The number of H-pyrrole nitrogens is 1. The molecule has 0 saturated carbocycles. The molecule has 5 heteroatoms. The molecule has 24 heavy (non-hydrogen) atoms. The van der Waals surface area contributed by atoms with Crippen molar-refractivity contribution < 1.29 is 14.6 Å². The smallest absolute Gasteiger partial charge is 0.188 e. The first kappa shape index (κ1) is 16.2. The maximum absolute atomic E-state index is 11.6. The SMILES string of the molecule is CC(C)COc1ccccc1-c1nc2ccc(C(=O)CO)cc2[nH]1. The number of carbonyl (C=O) groups is 1. The Morgan fingerprint density at radius 3 is 2.79 bits per heavy atom. The van der Waals surface area contributed by atoms with Crippen molar-refractivity contribution in [3.05, 3.63) is 48.0 Å². The second-order valence-electron chi connectivity index (χ2n) is 6.10. The number of Topliss-reactive ketones (excluding diaryl/α,β-unsaturated/α-hetero) is 1. The Labute approximate surface area is 140 Å². The maximum Gasteiger partial charge on any atom is 0.188 e. The van der Waals surface area contributed by atoms with Crippen molar-refractivity contribution >= 4 is 16.8 Å². The molecular weight excluding hydrogens is 304 g/mol. The Balaban J connectivity index is 1.99. The van der Waals surface area contributed by atoms with Gasteiger partial charge in [-0.15, -0.1) is 0 Å². The Hall–Kier alpha value is -2.66. The summed E-state index contributed by atoms with van der Waals surface area (Å²) in [7, 11) is 0. The van der Waals surface area contributed by atoms with Crippen LogP contribution in [0.15, 0.2) is 42.5 Å². The average molecular weight is 324 g/mol. The number of hydrogen-bond acceptors (Lipinski definition) is 4. The van der Waals surface area contributed by atoms with Crippen molar-refractivity contribution in [2.45, 2.75) is 13.8 Å². The van der Waals surface area contributed by atoms with Crippen molar-refractivity contribution in [2.75, 3.05) is 13.2 Å². The van der Waals surface area contributed by atoms with Gasteiger partial charge in [-0.05, 0) is 36.2 Å². The predicted molar refractivity (Wildman–Crippen MR) is 93.3 cm³/mol. The van der Waals surface area contributed by atoms with Gasteiger partial charge in [0.05, 0.1) is 23.2 Å². The zero-order valence-corrected chi connectivity index (χ0v) is 13.7. The van der Waals surface area contributed by atoms with E-state index in [0.29, 0.717) is 23.9 Å². The second kappa shape index (κ2) is 6.84. The predicted octanol–water partition coefficient (Wildman–Crippen LogP) is 3.44. The largest absolute Gasteiger partial charge is 0.493 e. The number of aromatic amines is 1. The first-order chi connectivity index (χ1) is 11.6. The number of hydrogen-bond donors (Lipinski definition) is 2. The summed E-state index contributed by atoms with van der Waals surface area (Å²) in [5.41, 5.74) is 2.86. The molecule has 0 aliphatic rings. The molecule has 124 valence electrons. The van der Waals surface area contributed by atoms with Gasteiger partial charge in [0.2, 0.25) is 0 Å². The molecule has 0 radical (unpaired) electrons. The normalized spacial score (nSPS) is 11.2. The number of aliphatic hydroxyl groups excluding tert-OH is 1. The van der Waals surface area contributed by atoms with Gasteiger partial charge in [-0.3, -0.25) is 4.79 Å². The van der Waals surface area contributed by atoms with Crippen LogP contribution in [0.3, 0.4) is 0 Å². The van der Waals surface area contributed by atoms with Gasteiger partial charge in [0, 0.05) is 5.56 Å². The van der Waals surface area contributed by atoms with E-state index in [1.807, 2.05) is 24.3 Å². The number of ether oxygens (including phenoxy) is 1. The number of nitrogens with zero attached hydrogens (tertiary/aromatic N) is 1. The topological polar surface area (TPSA) is 75.2 Å². The van der Waals surface area contributed by atoms with Gasteiger partial charge in [-0.2, -0.15) is 0 Å². The fourth-order valence-electron chi connectivity index (χ4n) is 2.45. The zero-order chi connectivity index (χ0) is 17.1. The van der Waals surface area contributed by atoms with Crippen LogP contribution in [0.2, 0.25) is 0 Å². The monoisotopic (exact) mass is 324 g/mol. The lowest BCUT2D eigenvalue weighted by Crippen LogP contribution is -2.05. The summed E-state index contributed by atoms with van der Waals surface area (Å²) in [5.74, 6) is 1.59.